The summed E-state index contributed by atoms with van der Waals surface area (Å²) < 4.78 is 6.29. The van der Waals surface area contributed by atoms with Crippen molar-refractivity contribution < 1.29 is 9.53 Å². The van der Waals surface area contributed by atoms with Crippen LogP contribution in [-0.4, -0.2) is 53.1 Å². The number of nitrogens with zero attached hydrogens (tertiary/aromatic N) is 1. The van der Waals surface area contributed by atoms with Gasteiger partial charge in [0.1, 0.15) is 5.75 Å². The molecule has 45 heavy (non-hydrogen) atoms. The van der Waals surface area contributed by atoms with Gasteiger partial charge in [-0.1, -0.05) is 102 Å². The van der Waals surface area contributed by atoms with Crippen molar-refractivity contribution >= 4 is 17.7 Å². The summed E-state index contributed by atoms with van der Waals surface area (Å²) in [6, 6.07) is 6.80. The first-order valence-electron chi connectivity index (χ1n) is 19.6. The highest BCUT2D eigenvalue weighted by Gasteiger charge is 2.45. The van der Waals surface area contributed by atoms with E-state index in [1.54, 1.807) is 0 Å². The van der Waals surface area contributed by atoms with E-state index in [0.717, 1.165) is 31.7 Å². The Hall–Kier alpha value is -1.20. The molecule has 4 fully saturated rings. The Bertz CT molecular complexity index is 1040. The van der Waals surface area contributed by atoms with Gasteiger partial charge in [-0.05, 0) is 98.6 Å². The number of rotatable bonds is 6. The summed E-state index contributed by atoms with van der Waals surface area (Å²) >= 11 is 2.19. The highest BCUT2D eigenvalue weighted by atomic mass is 32.2. The van der Waals surface area contributed by atoms with Crippen molar-refractivity contribution in [3.8, 4) is 5.75 Å². The van der Waals surface area contributed by atoms with E-state index >= 15 is 0 Å². The summed E-state index contributed by atoms with van der Waals surface area (Å²) in [5.41, 5.74) is 3.58. The van der Waals surface area contributed by atoms with Crippen LogP contribution in [0.5, 0.6) is 5.75 Å². The highest BCUT2D eigenvalue weighted by molar-refractivity contribution is 8.00. The van der Waals surface area contributed by atoms with E-state index in [4.69, 9.17) is 4.74 Å². The largest absolute Gasteiger partial charge is 0.484 e. The number of carbonyl (C=O) groups excluding carboxylic acids is 1. The second-order valence-corrected chi connectivity index (χ2v) is 17.1. The summed E-state index contributed by atoms with van der Waals surface area (Å²) in [5.74, 6) is 2.36. The van der Waals surface area contributed by atoms with E-state index in [1.165, 1.54) is 165 Å². The van der Waals surface area contributed by atoms with Gasteiger partial charge in [-0.15, -0.1) is 0 Å². The maximum atomic E-state index is 14.3. The zero-order valence-electron chi connectivity index (χ0n) is 28.6. The van der Waals surface area contributed by atoms with Crippen molar-refractivity contribution in [1.29, 1.82) is 0 Å². The van der Waals surface area contributed by atoms with Crippen LogP contribution < -0.4 is 10.1 Å². The fourth-order valence-corrected chi connectivity index (χ4v) is 11.6. The highest BCUT2D eigenvalue weighted by Crippen LogP contribution is 2.51. The van der Waals surface area contributed by atoms with Gasteiger partial charge in [0.2, 0.25) is 0 Å². The van der Waals surface area contributed by atoms with Crippen LogP contribution in [0.1, 0.15) is 159 Å². The molecule has 2 saturated carbocycles. The SMILES string of the molecule is O=C(COc1ccc2c(c1)CCC2)N(CC1SCCC12CCCCCCCCC2)C1CCC2(CCCCCCCCCC2)NC1. The summed E-state index contributed by atoms with van der Waals surface area (Å²) in [6.07, 6.45) is 33.6. The maximum Gasteiger partial charge on any atom is 0.260 e. The standard InChI is InChI=1S/C40H64N2O2S/c43-38(32-44-36-20-19-33-17-16-18-34(33)29-36)42(31-37-39(27-28-45-37)22-12-8-4-3-5-9-13-23-39)35-21-26-40(41-30-35)24-14-10-6-1-2-7-11-15-25-40/h19-20,29,35,37,41H,1-18,21-28,30-32H2. The van der Waals surface area contributed by atoms with E-state index < -0.39 is 0 Å². The number of thioether (sulfide) groups is 1. The van der Waals surface area contributed by atoms with Gasteiger partial charge in [0, 0.05) is 29.9 Å². The van der Waals surface area contributed by atoms with Gasteiger partial charge in [-0.25, -0.2) is 0 Å². The molecule has 2 unspecified atom stereocenters. The van der Waals surface area contributed by atoms with Gasteiger partial charge < -0.3 is 15.0 Å². The molecule has 1 aromatic rings. The molecule has 2 spiro atoms. The van der Waals surface area contributed by atoms with E-state index in [1.807, 2.05) is 0 Å². The smallest absolute Gasteiger partial charge is 0.260 e. The average Bonchev–Trinajstić information content (AvgIpc) is 3.69. The molecule has 6 rings (SSSR count). The predicted octanol–water partition coefficient (Wildman–Crippen LogP) is 9.80. The summed E-state index contributed by atoms with van der Waals surface area (Å²) in [4.78, 5) is 16.6. The molecule has 0 aromatic heterocycles. The predicted molar refractivity (Wildman–Crippen MR) is 190 cm³/mol. The number of amides is 1. The Balaban J connectivity index is 1.15. The van der Waals surface area contributed by atoms with Crippen LogP contribution >= 0.6 is 11.8 Å². The van der Waals surface area contributed by atoms with Crippen molar-refractivity contribution in [3.63, 3.8) is 0 Å². The molecule has 1 N–H and O–H groups in total. The normalized spacial score (nSPS) is 27.8. The Morgan fingerprint density at radius 3 is 2.02 bits per heavy atom. The van der Waals surface area contributed by atoms with Gasteiger partial charge in [-0.3, -0.25) is 4.79 Å². The number of hydrogen-bond donors (Lipinski definition) is 1. The van der Waals surface area contributed by atoms with Gasteiger partial charge in [0.05, 0.1) is 0 Å². The number of aryl methyl sites for hydroxylation is 2. The molecule has 2 saturated heterocycles. The van der Waals surface area contributed by atoms with Crippen molar-refractivity contribution in [2.45, 2.75) is 177 Å². The van der Waals surface area contributed by atoms with Gasteiger partial charge in [0.15, 0.2) is 6.61 Å². The van der Waals surface area contributed by atoms with Crippen LogP contribution in [0.2, 0.25) is 0 Å². The summed E-state index contributed by atoms with van der Waals surface area (Å²) in [6.45, 7) is 2.04. The third-order valence-electron chi connectivity index (χ3n) is 12.7. The van der Waals surface area contributed by atoms with Gasteiger partial charge in [0.25, 0.3) is 5.91 Å². The summed E-state index contributed by atoms with van der Waals surface area (Å²) in [7, 11) is 0. The third kappa shape index (κ3) is 9.04. The number of benzene rings is 1. The molecule has 1 amide bonds. The molecule has 3 aliphatic carbocycles. The quantitative estimate of drug-likeness (QED) is 0.338. The minimum absolute atomic E-state index is 0.171. The number of ether oxygens (including phenoxy) is 1. The molecule has 4 nitrogen and oxygen atoms in total. The maximum absolute atomic E-state index is 14.3. The molecule has 1 aromatic carbocycles. The summed E-state index contributed by atoms with van der Waals surface area (Å²) in [5, 5.41) is 4.71. The Labute approximate surface area is 280 Å². The number of carbonyl (C=O) groups is 1. The van der Waals surface area contributed by atoms with Gasteiger partial charge in [-0.2, -0.15) is 11.8 Å². The molecule has 2 heterocycles. The molecule has 2 atom stereocenters. The molecular weight excluding hydrogens is 573 g/mol. The van der Waals surface area contributed by atoms with Crippen molar-refractivity contribution in [1.82, 2.24) is 10.2 Å². The lowest BCUT2D eigenvalue weighted by atomic mass is 9.72. The number of piperidine rings is 1. The number of nitrogens with one attached hydrogen (secondary N) is 1. The van der Waals surface area contributed by atoms with E-state index in [9.17, 15) is 4.79 Å². The van der Waals surface area contributed by atoms with E-state index in [-0.39, 0.29) is 24.1 Å². The molecule has 252 valence electrons. The van der Waals surface area contributed by atoms with Crippen LogP contribution in [0.15, 0.2) is 18.2 Å². The van der Waals surface area contributed by atoms with Crippen molar-refractivity contribution in [3.05, 3.63) is 29.3 Å². The number of hydrogen-bond acceptors (Lipinski definition) is 4. The van der Waals surface area contributed by atoms with Crippen LogP contribution in [0.4, 0.5) is 0 Å². The first-order valence-corrected chi connectivity index (χ1v) is 20.6. The second kappa shape index (κ2) is 16.8. The molecular formula is C40H64N2O2S. The van der Waals surface area contributed by atoms with Crippen LogP contribution in [0, 0.1) is 5.41 Å². The Morgan fingerprint density at radius 1 is 0.756 bits per heavy atom. The molecule has 2 aliphatic heterocycles. The average molecular weight is 637 g/mol. The minimum Gasteiger partial charge on any atom is -0.484 e. The lowest BCUT2D eigenvalue weighted by Crippen LogP contribution is -2.59. The van der Waals surface area contributed by atoms with E-state index in [2.05, 4.69) is 40.2 Å². The Morgan fingerprint density at radius 2 is 1.38 bits per heavy atom. The zero-order chi connectivity index (χ0) is 30.8. The molecule has 0 bridgehead atoms. The van der Waals surface area contributed by atoms with Crippen LogP contribution in [0.25, 0.3) is 0 Å². The Kier molecular flexibility index (Phi) is 12.5. The zero-order valence-corrected chi connectivity index (χ0v) is 29.4. The molecule has 0 radical (unpaired) electrons. The first-order chi connectivity index (χ1) is 22.1. The van der Waals surface area contributed by atoms with Crippen LogP contribution in [-0.2, 0) is 17.6 Å². The monoisotopic (exact) mass is 636 g/mol. The molecule has 5 heteroatoms. The second-order valence-electron chi connectivity index (χ2n) is 15.7. The fourth-order valence-electron chi connectivity index (χ4n) is 9.80. The fraction of sp³-hybridized carbons (Fsp3) is 0.825. The molecule has 5 aliphatic rings. The number of fused-ring (bicyclic) bond motifs is 1. The minimum atomic E-state index is 0.171. The van der Waals surface area contributed by atoms with Gasteiger partial charge >= 0.3 is 0 Å². The van der Waals surface area contributed by atoms with E-state index in [0.29, 0.717) is 10.7 Å². The third-order valence-corrected chi connectivity index (χ3v) is 14.2. The van der Waals surface area contributed by atoms with Crippen molar-refractivity contribution in [2.24, 2.45) is 5.41 Å². The lowest BCUT2D eigenvalue weighted by molar-refractivity contribution is -0.137. The topological polar surface area (TPSA) is 41.6 Å². The first kappa shape index (κ1) is 33.7. The lowest BCUT2D eigenvalue weighted by Gasteiger charge is -2.47. The van der Waals surface area contributed by atoms with Crippen molar-refractivity contribution in [2.75, 3.05) is 25.4 Å². The van der Waals surface area contributed by atoms with Crippen LogP contribution in [0.3, 0.4) is 0 Å².